The molecule has 2 aromatic rings. The van der Waals surface area contributed by atoms with Gasteiger partial charge in [0.25, 0.3) is 0 Å². The molecule has 0 radical (unpaired) electrons. The summed E-state index contributed by atoms with van der Waals surface area (Å²) in [6.07, 6.45) is -5.76. The molecular formula is C21H21ClF3N3O3. The third-order valence-electron chi connectivity index (χ3n) is 5.13. The summed E-state index contributed by atoms with van der Waals surface area (Å²) in [5.74, 6) is -0.201. The Kier molecular flexibility index (Phi) is 6.94. The van der Waals surface area contributed by atoms with E-state index in [1.54, 1.807) is 35.2 Å². The molecule has 1 saturated heterocycles. The summed E-state index contributed by atoms with van der Waals surface area (Å²) in [6, 6.07) is 11.8. The first-order valence-corrected chi connectivity index (χ1v) is 9.97. The molecule has 0 aromatic heterocycles. The van der Waals surface area contributed by atoms with Crippen LogP contribution in [0.1, 0.15) is 23.6 Å². The number of hydrogen-bond acceptors (Lipinski definition) is 3. The molecule has 6 nitrogen and oxygen atoms in total. The van der Waals surface area contributed by atoms with Crippen LogP contribution in [0.4, 0.5) is 23.7 Å². The van der Waals surface area contributed by atoms with E-state index in [9.17, 15) is 22.8 Å². The second-order valence-corrected chi connectivity index (χ2v) is 7.55. The van der Waals surface area contributed by atoms with Crippen LogP contribution in [-0.2, 0) is 11.0 Å². The maximum atomic E-state index is 12.9. The average molecular weight is 456 g/mol. The summed E-state index contributed by atoms with van der Waals surface area (Å²) >= 11 is 5.80. The Balaban J connectivity index is 1.61. The molecule has 1 aliphatic heterocycles. The molecule has 0 aliphatic carbocycles. The summed E-state index contributed by atoms with van der Waals surface area (Å²) in [5.41, 5.74) is 0.362. The van der Waals surface area contributed by atoms with Crippen LogP contribution in [0.15, 0.2) is 48.5 Å². The van der Waals surface area contributed by atoms with Crippen molar-refractivity contribution in [1.29, 1.82) is 0 Å². The maximum absolute atomic E-state index is 12.9. The average Bonchev–Trinajstić information content (AvgIpc) is 2.72. The lowest BCUT2D eigenvalue weighted by Crippen LogP contribution is -2.49. The zero-order valence-electron chi connectivity index (χ0n) is 16.4. The molecule has 2 N–H and O–H groups in total. The number of carbonyl (C=O) groups is 2. The zero-order valence-corrected chi connectivity index (χ0v) is 17.2. The minimum absolute atomic E-state index is 0.0254. The monoisotopic (exact) mass is 455 g/mol. The number of anilines is 1. The van der Waals surface area contributed by atoms with Crippen LogP contribution in [0.5, 0.6) is 0 Å². The number of halogens is 4. The largest absolute Gasteiger partial charge is 0.465 e. The number of nitrogens with zero attached hydrogens (tertiary/aromatic N) is 2. The minimum atomic E-state index is -4.51. The van der Waals surface area contributed by atoms with Crippen molar-refractivity contribution in [3.63, 3.8) is 0 Å². The highest BCUT2D eigenvalue weighted by molar-refractivity contribution is 6.31. The summed E-state index contributed by atoms with van der Waals surface area (Å²) in [4.78, 5) is 27.4. The molecular weight excluding hydrogens is 435 g/mol. The van der Waals surface area contributed by atoms with Gasteiger partial charge in [-0.3, -0.25) is 4.79 Å². The van der Waals surface area contributed by atoms with E-state index in [4.69, 9.17) is 16.7 Å². The Morgan fingerprint density at radius 1 is 1.06 bits per heavy atom. The van der Waals surface area contributed by atoms with Crippen molar-refractivity contribution < 1.29 is 27.9 Å². The van der Waals surface area contributed by atoms with Crippen molar-refractivity contribution in [1.82, 2.24) is 10.2 Å². The van der Waals surface area contributed by atoms with Gasteiger partial charge >= 0.3 is 12.3 Å². The molecule has 1 fully saturated rings. The fourth-order valence-electron chi connectivity index (χ4n) is 3.53. The fourth-order valence-corrected chi connectivity index (χ4v) is 3.82. The SMILES string of the molecule is O=C(O)NC(CC(=O)N1CCN(c2ccc(C(F)(F)F)c(Cl)c2)CC1)c1ccccc1. The summed E-state index contributed by atoms with van der Waals surface area (Å²) in [6.45, 7) is 1.59. The van der Waals surface area contributed by atoms with Gasteiger partial charge in [-0.15, -0.1) is 0 Å². The van der Waals surface area contributed by atoms with Gasteiger partial charge in [-0.2, -0.15) is 13.2 Å². The first-order chi connectivity index (χ1) is 14.6. The molecule has 1 unspecified atom stereocenters. The third-order valence-corrected chi connectivity index (χ3v) is 5.45. The summed E-state index contributed by atoms with van der Waals surface area (Å²) in [5, 5.41) is 11.1. The van der Waals surface area contributed by atoms with E-state index < -0.39 is 23.9 Å². The first-order valence-electron chi connectivity index (χ1n) is 9.59. The Morgan fingerprint density at radius 3 is 2.26 bits per heavy atom. The normalized spacial score (nSPS) is 15.5. The van der Waals surface area contributed by atoms with Crippen molar-refractivity contribution in [2.75, 3.05) is 31.1 Å². The Morgan fingerprint density at radius 2 is 1.71 bits per heavy atom. The number of alkyl halides is 3. The Labute approximate surface area is 182 Å². The van der Waals surface area contributed by atoms with Crippen molar-refractivity contribution >= 4 is 29.3 Å². The van der Waals surface area contributed by atoms with Gasteiger partial charge in [0.15, 0.2) is 0 Å². The van der Waals surface area contributed by atoms with Gasteiger partial charge in [-0.1, -0.05) is 41.9 Å². The lowest BCUT2D eigenvalue weighted by atomic mass is 10.0. The van der Waals surface area contributed by atoms with E-state index in [1.165, 1.54) is 12.1 Å². The van der Waals surface area contributed by atoms with Gasteiger partial charge in [0.1, 0.15) is 0 Å². The maximum Gasteiger partial charge on any atom is 0.417 e. The second-order valence-electron chi connectivity index (χ2n) is 7.15. The topological polar surface area (TPSA) is 72.9 Å². The highest BCUT2D eigenvalue weighted by atomic mass is 35.5. The van der Waals surface area contributed by atoms with Crippen LogP contribution in [-0.4, -0.2) is 48.2 Å². The van der Waals surface area contributed by atoms with Gasteiger partial charge in [0, 0.05) is 31.9 Å². The van der Waals surface area contributed by atoms with Crippen LogP contribution in [0.2, 0.25) is 5.02 Å². The van der Waals surface area contributed by atoms with Crippen molar-refractivity contribution in [3.8, 4) is 0 Å². The Bertz CT molecular complexity index is 932. The third kappa shape index (κ3) is 5.81. The molecule has 3 rings (SSSR count). The molecule has 1 heterocycles. The number of rotatable bonds is 5. The van der Waals surface area contributed by atoms with E-state index in [0.717, 1.165) is 6.07 Å². The molecule has 0 bridgehead atoms. The number of carboxylic acid groups (broad SMARTS) is 1. The number of nitrogens with one attached hydrogen (secondary N) is 1. The molecule has 0 spiro atoms. The van der Waals surface area contributed by atoms with Crippen molar-refractivity contribution in [2.24, 2.45) is 0 Å². The van der Waals surface area contributed by atoms with Gasteiger partial charge in [0.2, 0.25) is 5.91 Å². The van der Waals surface area contributed by atoms with Gasteiger partial charge in [-0.05, 0) is 23.8 Å². The Hall–Kier alpha value is -2.94. The molecule has 2 amide bonds. The van der Waals surface area contributed by atoms with Gasteiger partial charge in [0.05, 0.1) is 23.0 Å². The van der Waals surface area contributed by atoms with Crippen molar-refractivity contribution in [3.05, 3.63) is 64.7 Å². The standard InChI is InChI=1S/C21H21ClF3N3O3/c22-17-12-15(6-7-16(17)21(23,24)25)27-8-10-28(11-9-27)19(29)13-18(26-20(30)31)14-4-2-1-3-5-14/h1-7,12,18,26H,8-11,13H2,(H,30,31). The molecule has 0 saturated carbocycles. The molecule has 31 heavy (non-hydrogen) atoms. The van der Waals surface area contributed by atoms with Crippen LogP contribution < -0.4 is 10.2 Å². The first kappa shape index (κ1) is 22.7. The molecule has 10 heteroatoms. The smallest absolute Gasteiger partial charge is 0.417 e. The van der Waals surface area contributed by atoms with E-state index in [-0.39, 0.29) is 17.4 Å². The lowest BCUT2D eigenvalue weighted by molar-refractivity contribution is -0.137. The number of piperazine rings is 1. The molecule has 2 aromatic carbocycles. The van der Waals surface area contributed by atoms with Gasteiger partial charge in [-0.25, -0.2) is 4.79 Å². The fraction of sp³-hybridized carbons (Fsp3) is 0.333. The quantitative estimate of drug-likeness (QED) is 0.700. The predicted octanol–water partition coefficient (Wildman–Crippen LogP) is 4.41. The van der Waals surface area contributed by atoms with Crippen LogP contribution in [0.25, 0.3) is 0 Å². The van der Waals surface area contributed by atoms with E-state index in [1.807, 2.05) is 4.90 Å². The van der Waals surface area contributed by atoms with E-state index in [2.05, 4.69) is 5.32 Å². The predicted molar refractivity (Wildman–Crippen MR) is 110 cm³/mol. The van der Waals surface area contributed by atoms with Crippen molar-refractivity contribution in [2.45, 2.75) is 18.6 Å². The van der Waals surface area contributed by atoms with E-state index >= 15 is 0 Å². The number of carbonyl (C=O) groups excluding carboxylic acids is 1. The van der Waals surface area contributed by atoms with Crippen LogP contribution in [0.3, 0.4) is 0 Å². The highest BCUT2D eigenvalue weighted by Gasteiger charge is 2.33. The zero-order chi connectivity index (χ0) is 22.6. The van der Waals surface area contributed by atoms with Crippen LogP contribution in [0, 0.1) is 0 Å². The van der Waals surface area contributed by atoms with Crippen LogP contribution >= 0.6 is 11.6 Å². The molecule has 1 aliphatic rings. The number of hydrogen-bond donors (Lipinski definition) is 2. The van der Waals surface area contributed by atoms with E-state index in [0.29, 0.717) is 37.4 Å². The molecule has 166 valence electrons. The van der Waals surface area contributed by atoms with Gasteiger partial charge < -0.3 is 20.2 Å². The molecule has 1 atom stereocenters. The lowest BCUT2D eigenvalue weighted by Gasteiger charge is -2.37. The number of amides is 2. The number of benzene rings is 2. The summed E-state index contributed by atoms with van der Waals surface area (Å²) in [7, 11) is 0. The highest BCUT2D eigenvalue weighted by Crippen LogP contribution is 2.36. The minimum Gasteiger partial charge on any atom is -0.465 e. The second kappa shape index (κ2) is 9.47. The summed E-state index contributed by atoms with van der Waals surface area (Å²) < 4.78 is 38.7.